The number of nitrogens with one attached hydrogen (secondary N) is 1. The first-order chi connectivity index (χ1) is 10.7. The number of anilines is 1. The molecule has 0 bridgehead atoms. The van der Waals surface area contributed by atoms with Crippen LogP contribution in [0.5, 0.6) is 0 Å². The Morgan fingerprint density at radius 3 is 2.86 bits per heavy atom. The smallest absolute Gasteiger partial charge is 0.270 e. The number of rotatable bonds is 4. The number of hydrogen-bond donors (Lipinski definition) is 1. The van der Waals surface area contributed by atoms with Crippen LogP contribution in [0.4, 0.5) is 5.95 Å². The Hall–Kier alpha value is -2.41. The second-order valence-electron chi connectivity index (χ2n) is 5.29. The van der Waals surface area contributed by atoms with Gasteiger partial charge in [-0.15, -0.1) is 0 Å². The monoisotopic (exact) mass is 301 g/mol. The molecule has 1 N–H and O–H groups in total. The molecule has 22 heavy (non-hydrogen) atoms. The number of carbonyl (C=O) groups is 1. The van der Waals surface area contributed by atoms with E-state index >= 15 is 0 Å². The average molecular weight is 301 g/mol. The molecule has 7 heteroatoms. The highest BCUT2D eigenvalue weighted by Crippen LogP contribution is 2.10. The maximum absolute atomic E-state index is 12.2. The summed E-state index contributed by atoms with van der Waals surface area (Å²) in [7, 11) is 2.09. The van der Waals surface area contributed by atoms with Gasteiger partial charge in [0.05, 0.1) is 12.8 Å². The van der Waals surface area contributed by atoms with Gasteiger partial charge in [-0.05, 0) is 25.2 Å². The Morgan fingerprint density at radius 2 is 2.14 bits per heavy atom. The van der Waals surface area contributed by atoms with Crippen LogP contribution in [-0.2, 0) is 6.54 Å². The van der Waals surface area contributed by atoms with Gasteiger partial charge in [-0.3, -0.25) is 4.79 Å². The van der Waals surface area contributed by atoms with Gasteiger partial charge in [0.1, 0.15) is 11.5 Å². The predicted molar refractivity (Wildman–Crippen MR) is 81.6 cm³/mol. The van der Waals surface area contributed by atoms with E-state index in [2.05, 4.69) is 32.1 Å². The quantitative estimate of drug-likeness (QED) is 0.898. The lowest BCUT2D eigenvalue weighted by atomic mass is 10.3. The molecule has 2 aromatic heterocycles. The van der Waals surface area contributed by atoms with E-state index in [-0.39, 0.29) is 5.91 Å². The predicted octanol–water partition coefficient (Wildman–Crippen LogP) is 0.751. The van der Waals surface area contributed by atoms with E-state index in [1.165, 1.54) is 0 Å². The van der Waals surface area contributed by atoms with Crippen LogP contribution in [0, 0.1) is 0 Å². The molecule has 1 amide bonds. The van der Waals surface area contributed by atoms with Crippen LogP contribution in [0.25, 0.3) is 0 Å². The van der Waals surface area contributed by atoms with Crippen LogP contribution in [-0.4, -0.2) is 54.0 Å². The highest BCUT2D eigenvalue weighted by atomic mass is 16.3. The maximum atomic E-state index is 12.2. The molecule has 0 atom stereocenters. The summed E-state index contributed by atoms with van der Waals surface area (Å²) in [5.74, 6) is 1.09. The Kier molecular flexibility index (Phi) is 4.34. The van der Waals surface area contributed by atoms with Crippen molar-refractivity contribution in [3.8, 4) is 0 Å². The second kappa shape index (κ2) is 6.57. The molecule has 7 nitrogen and oxygen atoms in total. The first-order valence-electron chi connectivity index (χ1n) is 7.29. The van der Waals surface area contributed by atoms with Gasteiger partial charge in [0.2, 0.25) is 5.95 Å². The zero-order valence-electron chi connectivity index (χ0n) is 12.5. The summed E-state index contributed by atoms with van der Waals surface area (Å²) in [6.45, 7) is 4.03. The molecule has 0 unspecified atom stereocenters. The second-order valence-corrected chi connectivity index (χ2v) is 5.29. The summed E-state index contributed by atoms with van der Waals surface area (Å²) in [6, 6.07) is 5.23. The van der Waals surface area contributed by atoms with Gasteiger partial charge in [0.25, 0.3) is 5.91 Å². The third-order valence-electron chi connectivity index (χ3n) is 3.66. The Morgan fingerprint density at radius 1 is 1.32 bits per heavy atom. The molecule has 3 heterocycles. The molecule has 0 aromatic carbocycles. The SMILES string of the molecule is CN1CCN(c2nccc(C(=O)NCc3ccco3)n2)CC1. The van der Waals surface area contributed by atoms with E-state index in [9.17, 15) is 4.79 Å². The number of amides is 1. The molecule has 1 saturated heterocycles. The van der Waals surface area contributed by atoms with Crippen molar-refractivity contribution < 1.29 is 9.21 Å². The fourth-order valence-corrected chi connectivity index (χ4v) is 2.30. The Bertz CT molecular complexity index is 621. The molecule has 3 rings (SSSR count). The van der Waals surface area contributed by atoms with Crippen LogP contribution < -0.4 is 10.2 Å². The lowest BCUT2D eigenvalue weighted by Crippen LogP contribution is -2.45. The topological polar surface area (TPSA) is 74.5 Å². The molecule has 0 radical (unpaired) electrons. The lowest BCUT2D eigenvalue weighted by Gasteiger charge is -2.32. The molecule has 0 saturated carbocycles. The van der Waals surface area contributed by atoms with Gasteiger partial charge in [-0.2, -0.15) is 0 Å². The summed E-state index contributed by atoms with van der Waals surface area (Å²) in [4.78, 5) is 25.2. The van der Waals surface area contributed by atoms with Crippen molar-refractivity contribution in [3.05, 3.63) is 42.1 Å². The van der Waals surface area contributed by atoms with Crippen molar-refractivity contribution in [1.29, 1.82) is 0 Å². The Balaban J connectivity index is 1.64. The zero-order valence-corrected chi connectivity index (χ0v) is 12.5. The van der Waals surface area contributed by atoms with Crippen molar-refractivity contribution in [2.24, 2.45) is 0 Å². The largest absolute Gasteiger partial charge is 0.467 e. The highest BCUT2D eigenvalue weighted by molar-refractivity contribution is 5.92. The molecule has 2 aromatic rings. The van der Waals surface area contributed by atoms with Crippen LogP contribution in [0.15, 0.2) is 35.1 Å². The van der Waals surface area contributed by atoms with E-state index in [1.54, 1.807) is 24.6 Å². The minimum atomic E-state index is -0.228. The molecular weight excluding hydrogens is 282 g/mol. The molecule has 116 valence electrons. The van der Waals surface area contributed by atoms with Gasteiger partial charge in [-0.25, -0.2) is 9.97 Å². The summed E-state index contributed by atoms with van der Waals surface area (Å²) < 4.78 is 5.19. The van der Waals surface area contributed by atoms with Crippen molar-refractivity contribution in [3.63, 3.8) is 0 Å². The van der Waals surface area contributed by atoms with E-state index < -0.39 is 0 Å². The minimum absolute atomic E-state index is 0.228. The van der Waals surface area contributed by atoms with E-state index in [1.807, 2.05) is 6.07 Å². The average Bonchev–Trinajstić information content (AvgIpc) is 3.07. The van der Waals surface area contributed by atoms with Gasteiger partial charge < -0.3 is 19.5 Å². The van der Waals surface area contributed by atoms with E-state index in [0.717, 1.165) is 26.2 Å². The number of furan rings is 1. The maximum Gasteiger partial charge on any atom is 0.270 e. The molecular formula is C15H19N5O2. The number of hydrogen-bond acceptors (Lipinski definition) is 6. The first-order valence-corrected chi connectivity index (χ1v) is 7.29. The highest BCUT2D eigenvalue weighted by Gasteiger charge is 2.18. The third-order valence-corrected chi connectivity index (χ3v) is 3.66. The zero-order chi connectivity index (χ0) is 15.4. The van der Waals surface area contributed by atoms with Crippen LogP contribution in [0.2, 0.25) is 0 Å². The van der Waals surface area contributed by atoms with Gasteiger partial charge in [-0.1, -0.05) is 0 Å². The molecule has 1 aliphatic rings. The van der Waals surface area contributed by atoms with Crippen molar-refractivity contribution >= 4 is 11.9 Å². The van der Waals surface area contributed by atoms with E-state index in [0.29, 0.717) is 23.9 Å². The Labute approximate surface area is 129 Å². The van der Waals surface area contributed by atoms with Crippen LogP contribution >= 0.6 is 0 Å². The number of carbonyl (C=O) groups excluding carboxylic acids is 1. The standard InChI is InChI=1S/C15H19N5O2/c1-19-6-8-20(9-7-19)15-16-5-4-13(18-15)14(21)17-11-12-3-2-10-22-12/h2-5,10H,6-9,11H2,1H3,(H,17,21). The number of piperazine rings is 1. The molecule has 0 aliphatic carbocycles. The molecule has 1 aliphatic heterocycles. The molecule has 1 fully saturated rings. The van der Waals surface area contributed by atoms with Crippen LogP contribution in [0.1, 0.15) is 16.2 Å². The molecule has 0 spiro atoms. The number of likely N-dealkylation sites (N-methyl/N-ethyl adjacent to an activating group) is 1. The van der Waals surface area contributed by atoms with Crippen molar-refractivity contribution in [2.75, 3.05) is 38.1 Å². The summed E-state index contributed by atoms with van der Waals surface area (Å²) in [5, 5.41) is 2.79. The van der Waals surface area contributed by atoms with Crippen molar-refractivity contribution in [1.82, 2.24) is 20.2 Å². The fraction of sp³-hybridized carbons (Fsp3) is 0.400. The third kappa shape index (κ3) is 3.43. The van der Waals surface area contributed by atoms with Crippen LogP contribution in [0.3, 0.4) is 0 Å². The van der Waals surface area contributed by atoms with Gasteiger partial charge >= 0.3 is 0 Å². The van der Waals surface area contributed by atoms with Gasteiger partial charge in [0.15, 0.2) is 0 Å². The lowest BCUT2D eigenvalue weighted by molar-refractivity contribution is 0.0943. The summed E-state index contributed by atoms with van der Waals surface area (Å²) >= 11 is 0. The fourth-order valence-electron chi connectivity index (χ4n) is 2.30. The minimum Gasteiger partial charge on any atom is -0.467 e. The normalized spacial score (nSPS) is 15.8. The number of aromatic nitrogens is 2. The summed E-state index contributed by atoms with van der Waals surface area (Å²) in [5.41, 5.74) is 0.371. The van der Waals surface area contributed by atoms with E-state index in [4.69, 9.17) is 4.42 Å². The van der Waals surface area contributed by atoms with Crippen molar-refractivity contribution in [2.45, 2.75) is 6.54 Å². The van der Waals surface area contributed by atoms with Gasteiger partial charge in [0, 0.05) is 32.4 Å². The first kappa shape index (κ1) is 14.5. The summed E-state index contributed by atoms with van der Waals surface area (Å²) in [6.07, 6.45) is 3.21. The number of nitrogens with zero attached hydrogens (tertiary/aromatic N) is 4.